The van der Waals surface area contributed by atoms with E-state index in [4.69, 9.17) is 0 Å². The molecule has 3 rings (SSSR count). The first-order valence-electron chi connectivity index (χ1n) is 8.76. The lowest BCUT2D eigenvalue weighted by atomic mass is 10.2. The van der Waals surface area contributed by atoms with Gasteiger partial charge in [0.15, 0.2) is 5.82 Å². The second-order valence-electron chi connectivity index (χ2n) is 6.24. The molecule has 0 unspecified atom stereocenters. The first-order valence-corrected chi connectivity index (χ1v) is 8.76. The highest BCUT2D eigenvalue weighted by Gasteiger charge is 2.35. The summed E-state index contributed by atoms with van der Waals surface area (Å²) in [5, 5.41) is 9.90. The third-order valence-electron chi connectivity index (χ3n) is 4.38. The number of aromatic nitrogens is 3. The van der Waals surface area contributed by atoms with E-state index in [1.165, 1.54) is 0 Å². The van der Waals surface area contributed by atoms with Crippen molar-refractivity contribution in [3.05, 3.63) is 41.9 Å². The van der Waals surface area contributed by atoms with E-state index >= 15 is 0 Å². The highest BCUT2D eigenvalue weighted by molar-refractivity contribution is 6.00. The molecule has 132 valence electrons. The van der Waals surface area contributed by atoms with Crippen molar-refractivity contribution in [2.45, 2.75) is 45.1 Å². The van der Waals surface area contributed by atoms with Gasteiger partial charge in [-0.25, -0.2) is 0 Å². The number of carbonyl (C=O) groups excluding carboxylic acids is 2. The molecule has 0 saturated carbocycles. The van der Waals surface area contributed by atoms with E-state index in [2.05, 4.69) is 27.4 Å². The monoisotopic (exact) mass is 341 g/mol. The maximum Gasteiger partial charge on any atom is 0.273 e. The lowest BCUT2D eigenvalue weighted by Crippen LogP contribution is -2.43. The van der Waals surface area contributed by atoms with Crippen LogP contribution in [-0.4, -0.2) is 44.5 Å². The Morgan fingerprint density at radius 1 is 1.40 bits per heavy atom. The van der Waals surface area contributed by atoms with Crippen LogP contribution >= 0.6 is 0 Å². The van der Waals surface area contributed by atoms with Gasteiger partial charge in [-0.2, -0.15) is 5.10 Å². The van der Waals surface area contributed by atoms with Gasteiger partial charge >= 0.3 is 0 Å². The Morgan fingerprint density at radius 3 is 3.04 bits per heavy atom. The Morgan fingerprint density at radius 2 is 2.28 bits per heavy atom. The average molecular weight is 341 g/mol. The molecule has 1 aliphatic rings. The summed E-state index contributed by atoms with van der Waals surface area (Å²) in [5.41, 5.74) is 1.37. The van der Waals surface area contributed by atoms with Crippen LogP contribution in [0.3, 0.4) is 0 Å². The summed E-state index contributed by atoms with van der Waals surface area (Å²) in [6.45, 7) is 2.70. The first-order chi connectivity index (χ1) is 12.2. The quantitative estimate of drug-likeness (QED) is 0.844. The van der Waals surface area contributed by atoms with Crippen molar-refractivity contribution in [1.82, 2.24) is 20.1 Å². The van der Waals surface area contributed by atoms with Crippen molar-refractivity contribution in [2.24, 2.45) is 0 Å². The number of unbranched alkanes of at least 4 members (excludes halogenated alkanes) is 1. The normalized spacial score (nSPS) is 16.8. The number of nitrogens with one attached hydrogen (secondary N) is 2. The molecule has 1 atom stereocenters. The fourth-order valence-corrected chi connectivity index (χ4v) is 3.05. The number of hydrogen-bond donors (Lipinski definition) is 2. The fourth-order valence-electron chi connectivity index (χ4n) is 3.05. The second-order valence-corrected chi connectivity index (χ2v) is 6.24. The molecule has 2 N–H and O–H groups in total. The summed E-state index contributed by atoms with van der Waals surface area (Å²) in [4.78, 5) is 30.9. The number of pyridine rings is 1. The standard InChI is InChI=1S/C18H23N5O2/c1-2-3-7-13-12-16(22-21-13)20-17(24)15-9-6-11-23(15)18(25)14-8-4-5-10-19-14/h4-5,8,10,12,15H,2-3,6-7,9,11H2,1H3,(H2,20,21,22,24)/t15-/m0/s1. The van der Waals surface area contributed by atoms with Gasteiger partial charge in [-0.1, -0.05) is 19.4 Å². The number of hydrogen-bond acceptors (Lipinski definition) is 4. The summed E-state index contributed by atoms with van der Waals surface area (Å²) in [6.07, 6.45) is 6.13. The predicted molar refractivity (Wildman–Crippen MR) is 94.1 cm³/mol. The van der Waals surface area contributed by atoms with Gasteiger partial charge in [-0.15, -0.1) is 0 Å². The molecule has 25 heavy (non-hydrogen) atoms. The van der Waals surface area contributed by atoms with E-state index in [0.717, 1.165) is 31.4 Å². The van der Waals surface area contributed by atoms with Gasteiger partial charge in [0.05, 0.1) is 0 Å². The van der Waals surface area contributed by atoms with Crippen LogP contribution in [0.5, 0.6) is 0 Å². The zero-order valence-electron chi connectivity index (χ0n) is 14.4. The van der Waals surface area contributed by atoms with Crippen molar-refractivity contribution < 1.29 is 9.59 Å². The molecular formula is C18H23N5O2. The Labute approximate surface area is 146 Å². The summed E-state index contributed by atoms with van der Waals surface area (Å²) in [7, 11) is 0. The summed E-state index contributed by atoms with van der Waals surface area (Å²) in [5.74, 6) is 0.104. The van der Waals surface area contributed by atoms with Crippen molar-refractivity contribution in [3.8, 4) is 0 Å². The van der Waals surface area contributed by atoms with Gasteiger partial charge in [-0.3, -0.25) is 19.7 Å². The number of H-pyrrole nitrogens is 1. The van der Waals surface area contributed by atoms with Crippen LogP contribution in [0.1, 0.15) is 48.8 Å². The smallest absolute Gasteiger partial charge is 0.273 e. The van der Waals surface area contributed by atoms with Crippen molar-refractivity contribution in [1.29, 1.82) is 0 Å². The first kappa shape index (κ1) is 17.1. The molecule has 1 saturated heterocycles. The number of anilines is 1. The Hall–Kier alpha value is -2.70. The second kappa shape index (κ2) is 7.92. The van der Waals surface area contributed by atoms with E-state index in [0.29, 0.717) is 24.5 Å². The summed E-state index contributed by atoms with van der Waals surface area (Å²) in [6, 6.07) is 6.58. The van der Waals surface area contributed by atoms with Crippen LogP contribution in [-0.2, 0) is 11.2 Å². The van der Waals surface area contributed by atoms with Gasteiger partial charge in [0.2, 0.25) is 5.91 Å². The van der Waals surface area contributed by atoms with Crippen molar-refractivity contribution in [3.63, 3.8) is 0 Å². The topological polar surface area (TPSA) is 91.0 Å². The number of carbonyl (C=O) groups is 2. The SMILES string of the molecule is CCCCc1cc(NC(=O)[C@@H]2CCCN2C(=O)c2ccccn2)n[nH]1. The van der Waals surface area contributed by atoms with Gasteiger partial charge in [0, 0.05) is 24.5 Å². The number of likely N-dealkylation sites (tertiary alicyclic amines) is 1. The largest absolute Gasteiger partial charge is 0.325 e. The van der Waals surface area contributed by atoms with Gasteiger partial charge in [-0.05, 0) is 37.8 Å². The summed E-state index contributed by atoms with van der Waals surface area (Å²) < 4.78 is 0. The predicted octanol–water partition coefficient (Wildman–Crippen LogP) is 2.39. The van der Waals surface area contributed by atoms with Crippen molar-refractivity contribution in [2.75, 3.05) is 11.9 Å². The molecule has 3 heterocycles. The minimum Gasteiger partial charge on any atom is -0.325 e. The van der Waals surface area contributed by atoms with E-state index in [1.54, 1.807) is 29.3 Å². The van der Waals surface area contributed by atoms with Gasteiger partial charge in [0.1, 0.15) is 11.7 Å². The van der Waals surface area contributed by atoms with Crippen LogP contribution in [0.25, 0.3) is 0 Å². The lowest BCUT2D eigenvalue weighted by Gasteiger charge is -2.23. The van der Waals surface area contributed by atoms with Crippen molar-refractivity contribution >= 4 is 17.6 Å². The molecule has 0 aliphatic carbocycles. The van der Waals surface area contributed by atoms with Crippen LogP contribution in [0.15, 0.2) is 30.5 Å². The zero-order valence-corrected chi connectivity index (χ0v) is 14.4. The average Bonchev–Trinajstić information content (AvgIpc) is 3.29. The third kappa shape index (κ3) is 4.04. The van der Waals surface area contributed by atoms with Crippen LogP contribution in [0.4, 0.5) is 5.82 Å². The van der Waals surface area contributed by atoms with Crippen LogP contribution in [0.2, 0.25) is 0 Å². The van der Waals surface area contributed by atoms with Gasteiger partial charge in [0.25, 0.3) is 5.91 Å². The molecule has 2 aromatic rings. The lowest BCUT2D eigenvalue weighted by molar-refractivity contribution is -0.119. The number of aromatic amines is 1. The molecule has 0 spiro atoms. The van der Waals surface area contributed by atoms with Crippen LogP contribution < -0.4 is 5.32 Å². The summed E-state index contributed by atoms with van der Waals surface area (Å²) >= 11 is 0. The number of nitrogens with zero attached hydrogens (tertiary/aromatic N) is 3. The molecule has 0 radical (unpaired) electrons. The zero-order chi connectivity index (χ0) is 17.6. The van der Waals surface area contributed by atoms with Gasteiger partial charge < -0.3 is 10.2 Å². The Bertz CT molecular complexity index is 728. The fraction of sp³-hybridized carbons (Fsp3) is 0.444. The molecule has 1 aliphatic heterocycles. The Balaban J connectivity index is 1.64. The maximum absolute atomic E-state index is 12.6. The van der Waals surface area contributed by atoms with E-state index in [-0.39, 0.29) is 11.8 Å². The van der Waals surface area contributed by atoms with Crippen LogP contribution in [0, 0.1) is 0 Å². The molecule has 1 fully saturated rings. The highest BCUT2D eigenvalue weighted by atomic mass is 16.2. The maximum atomic E-state index is 12.6. The highest BCUT2D eigenvalue weighted by Crippen LogP contribution is 2.21. The minimum absolute atomic E-state index is 0.199. The molecule has 0 aromatic carbocycles. The molecule has 7 nitrogen and oxygen atoms in total. The van der Waals surface area contributed by atoms with E-state index in [1.807, 2.05) is 6.07 Å². The van der Waals surface area contributed by atoms with E-state index < -0.39 is 6.04 Å². The molecule has 2 aromatic heterocycles. The number of rotatable bonds is 6. The number of amides is 2. The molecule has 0 bridgehead atoms. The molecule has 7 heteroatoms. The van der Waals surface area contributed by atoms with E-state index in [9.17, 15) is 9.59 Å². The molecule has 2 amide bonds. The number of aryl methyl sites for hydroxylation is 1. The molecular weight excluding hydrogens is 318 g/mol. The third-order valence-corrected chi connectivity index (χ3v) is 4.38. The Kier molecular flexibility index (Phi) is 5.42. The minimum atomic E-state index is -0.481.